The number of aliphatic imine (C=N–C) groups is 1. The van der Waals surface area contributed by atoms with Crippen molar-refractivity contribution in [2.24, 2.45) is 16.6 Å². The van der Waals surface area contributed by atoms with Crippen LogP contribution in [0.15, 0.2) is 4.99 Å². The maximum Gasteiger partial charge on any atom is 0.390 e. The first kappa shape index (κ1) is 17.2. The summed E-state index contributed by atoms with van der Waals surface area (Å²) in [6.45, 7) is 4.20. The largest absolute Gasteiger partial charge is 0.390 e. The molecule has 15 heavy (non-hydrogen) atoms. The molecule has 7 heteroatoms. The minimum atomic E-state index is -4.15. The van der Waals surface area contributed by atoms with E-state index in [1.807, 2.05) is 13.8 Å². The highest BCUT2D eigenvalue weighted by Crippen LogP contribution is 2.17. The van der Waals surface area contributed by atoms with Crippen molar-refractivity contribution in [3.8, 4) is 0 Å². The average Bonchev–Trinajstić information content (AvgIpc) is 1.98. The van der Waals surface area contributed by atoms with Crippen LogP contribution in [0.25, 0.3) is 0 Å². The van der Waals surface area contributed by atoms with Crippen molar-refractivity contribution in [2.75, 3.05) is 13.1 Å². The molecule has 0 heterocycles. The first-order valence-corrected chi connectivity index (χ1v) is 4.42. The molecule has 0 aliphatic carbocycles. The molecule has 0 radical (unpaired) electrons. The first-order valence-electron chi connectivity index (χ1n) is 4.42. The molecule has 0 aliphatic rings. The number of nitrogens with zero attached hydrogens (tertiary/aromatic N) is 1. The fraction of sp³-hybridized carbons (Fsp3) is 0.875. The van der Waals surface area contributed by atoms with E-state index in [1.165, 1.54) is 0 Å². The normalized spacial score (nSPS) is 12.5. The van der Waals surface area contributed by atoms with Gasteiger partial charge in [0.25, 0.3) is 0 Å². The third-order valence-electron chi connectivity index (χ3n) is 1.34. The molecule has 0 fully saturated rings. The Morgan fingerprint density at radius 3 is 2.33 bits per heavy atom. The number of nitrogens with two attached hydrogens (primary N) is 1. The summed E-state index contributed by atoms with van der Waals surface area (Å²) in [7, 11) is 0. The molecule has 0 amide bonds. The summed E-state index contributed by atoms with van der Waals surface area (Å²) in [6.07, 6.45) is -5.05. The number of hydrogen-bond acceptors (Lipinski definition) is 1. The Bertz CT molecular complexity index is 192. The number of halogens is 4. The van der Waals surface area contributed by atoms with Crippen LogP contribution in [-0.4, -0.2) is 25.2 Å². The van der Waals surface area contributed by atoms with Gasteiger partial charge >= 0.3 is 6.18 Å². The van der Waals surface area contributed by atoms with Crippen molar-refractivity contribution in [1.82, 2.24) is 5.32 Å². The first-order chi connectivity index (χ1) is 6.31. The van der Waals surface area contributed by atoms with Gasteiger partial charge in [0.15, 0.2) is 5.96 Å². The van der Waals surface area contributed by atoms with Crippen LogP contribution >= 0.6 is 24.0 Å². The predicted molar refractivity (Wildman–Crippen MR) is 65.4 cm³/mol. The summed E-state index contributed by atoms with van der Waals surface area (Å²) in [5, 5.41) is 2.40. The molecule has 0 saturated carbocycles. The Kier molecular flexibility index (Phi) is 9.17. The molecule has 0 aromatic carbocycles. The fourth-order valence-electron chi connectivity index (χ4n) is 0.669. The SMILES string of the molecule is CC(C)CN=C(N)NCCC(F)(F)F.I. The second-order valence-electron chi connectivity index (χ2n) is 3.41. The molecule has 0 bridgehead atoms. The topological polar surface area (TPSA) is 50.4 Å². The zero-order chi connectivity index (χ0) is 11.2. The number of rotatable bonds is 4. The Morgan fingerprint density at radius 1 is 1.40 bits per heavy atom. The molecule has 0 atom stereocenters. The van der Waals surface area contributed by atoms with Gasteiger partial charge in [0.05, 0.1) is 6.42 Å². The third-order valence-corrected chi connectivity index (χ3v) is 1.34. The second-order valence-corrected chi connectivity index (χ2v) is 3.41. The summed E-state index contributed by atoms with van der Waals surface area (Å²) in [6, 6.07) is 0. The van der Waals surface area contributed by atoms with Crippen molar-refractivity contribution in [3.05, 3.63) is 0 Å². The lowest BCUT2D eigenvalue weighted by molar-refractivity contribution is -0.132. The van der Waals surface area contributed by atoms with E-state index < -0.39 is 12.6 Å². The van der Waals surface area contributed by atoms with Crippen LogP contribution in [-0.2, 0) is 0 Å². The zero-order valence-corrected chi connectivity index (χ0v) is 11.1. The van der Waals surface area contributed by atoms with E-state index in [0.717, 1.165) is 0 Å². The molecule has 0 unspecified atom stereocenters. The van der Waals surface area contributed by atoms with Crippen LogP contribution in [0.4, 0.5) is 13.2 Å². The lowest BCUT2D eigenvalue weighted by Gasteiger charge is -2.08. The van der Waals surface area contributed by atoms with Crippen molar-refractivity contribution >= 4 is 29.9 Å². The van der Waals surface area contributed by atoms with E-state index in [9.17, 15) is 13.2 Å². The van der Waals surface area contributed by atoms with Crippen LogP contribution < -0.4 is 11.1 Å². The van der Waals surface area contributed by atoms with Gasteiger partial charge in [-0.3, -0.25) is 4.99 Å². The van der Waals surface area contributed by atoms with Gasteiger partial charge in [0.1, 0.15) is 0 Å². The zero-order valence-electron chi connectivity index (χ0n) is 8.77. The summed E-state index contributed by atoms with van der Waals surface area (Å²) < 4.78 is 35.1. The molecular weight excluding hydrogens is 322 g/mol. The number of guanidine groups is 1. The number of hydrogen-bond donors (Lipinski definition) is 2. The molecule has 0 spiro atoms. The summed E-state index contributed by atoms with van der Waals surface area (Å²) in [4.78, 5) is 3.86. The van der Waals surface area contributed by atoms with Crippen LogP contribution in [0, 0.1) is 5.92 Å². The summed E-state index contributed by atoms with van der Waals surface area (Å²) in [5.41, 5.74) is 5.32. The minimum absolute atomic E-state index is 0. The van der Waals surface area contributed by atoms with Crippen LogP contribution in [0.3, 0.4) is 0 Å². The van der Waals surface area contributed by atoms with Gasteiger partial charge in [-0.15, -0.1) is 24.0 Å². The second kappa shape index (κ2) is 8.00. The highest BCUT2D eigenvalue weighted by molar-refractivity contribution is 14.0. The molecule has 0 aliphatic heterocycles. The number of nitrogens with one attached hydrogen (secondary N) is 1. The lowest BCUT2D eigenvalue weighted by atomic mass is 10.2. The van der Waals surface area contributed by atoms with Gasteiger partial charge in [-0.2, -0.15) is 13.2 Å². The van der Waals surface area contributed by atoms with E-state index in [4.69, 9.17) is 5.73 Å². The molecule has 0 saturated heterocycles. The van der Waals surface area contributed by atoms with Crippen LogP contribution in [0.1, 0.15) is 20.3 Å². The van der Waals surface area contributed by atoms with Crippen molar-refractivity contribution in [3.63, 3.8) is 0 Å². The van der Waals surface area contributed by atoms with Gasteiger partial charge in [-0.05, 0) is 5.92 Å². The average molecular weight is 339 g/mol. The Morgan fingerprint density at radius 2 is 1.93 bits per heavy atom. The van der Waals surface area contributed by atoms with Gasteiger partial charge in [0, 0.05) is 13.1 Å². The molecule has 92 valence electrons. The Hall–Kier alpha value is -0.210. The lowest BCUT2D eigenvalue weighted by Crippen LogP contribution is -2.34. The molecule has 0 aromatic heterocycles. The maximum absolute atomic E-state index is 11.7. The molecule has 0 aromatic rings. The third kappa shape index (κ3) is 13.8. The van der Waals surface area contributed by atoms with E-state index in [0.29, 0.717) is 12.5 Å². The fourth-order valence-corrected chi connectivity index (χ4v) is 0.669. The van der Waals surface area contributed by atoms with Crippen LogP contribution in [0.5, 0.6) is 0 Å². The summed E-state index contributed by atoms with van der Waals surface area (Å²) in [5.74, 6) is 0.418. The van der Waals surface area contributed by atoms with Gasteiger partial charge < -0.3 is 11.1 Å². The predicted octanol–water partition coefficient (Wildman–Crippen LogP) is 2.12. The molecular formula is C8H17F3IN3. The molecule has 3 nitrogen and oxygen atoms in total. The van der Waals surface area contributed by atoms with Gasteiger partial charge in [-0.25, -0.2) is 0 Å². The Labute approximate surface area is 105 Å². The maximum atomic E-state index is 11.7. The van der Waals surface area contributed by atoms with Crippen molar-refractivity contribution in [1.29, 1.82) is 0 Å². The Balaban J connectivity index is 0. The quantitative estimate of drug-likeness (QED) is 0.468. The minimum Gasteiger partial charge on any atom is -0.370 e. The van der Waals surface area contributed by atoms with E-state index in [2.05, 4.69) is 10.3 Å². The van der Waals surface area contributed by atoms with Gasteiger partial charge in [-0.1, -0.05) is 13.8 Å². The monoisotopic (exact) mass is 339 g/mol. The highest BCUT2D eigenvalue weighted by atomic mass is 127. The van der Waals surface area contributed by atoms with E-state index >= 15 is 0 Å². The van der Waals surface area contributed by atoms with Crippen molar-refractivity contribution < 1.29 is 13.2 Å². The van der Waals surface area contributed by atoms with E-state index in [-0.39, 0.29) is 36.5 Å². The standard InChI is InChI=1S/C8H16F3N3.HI/c1-6(2)5-14-7(12)13-4-3-8(9,10)11;/h6H,3-5H2,1-2H3,(H3,12,13,14);1H. The summed E-state index contributed by atoms with van der Waals surface area (Å²) >= 11 is 0. The van der Waals surface area contributed by atoms with Crippen LogP contribution in [0.2, 0.25) is 0 Å². The molecule has 0 rings (SSSR count). The molecule has 3 N–H and O–H groups in total. The van der Waals surface area contributed by atoms with E-state index in [1.54, 1.807) is 0 Å². The van der Waals surface area contributed by atoms with Gasteiger partial charge in [0.2, 0.25) is 0 Å². The number of alkyl halides is 3. The highest BCUT2D eigenvalue weighted by Gasteiger charge is 2.26. The van der Waals surface area contributed by atoms with Crippen molar-refractivity contribution in [2.45, 2.75) is 26.4 Å². The smallest absolute Gasteiger partial charge is 0.370 e.